The second-order valence-electron chi connectivity index (χ2n) is 9.20. The molecular formula is C25H31N5O3. The van der Waals surface area contributed by atoms with Crippen molar-refractivity contribution in [3.05, 3.63) is 53.7 Å². The van der Waals surface area contributed by atoms with Crippen LogP contribution in [0.3, 0.4) is 0 Å². The van der Waals surface area contributed by atoms with Crippen molar-refractivity contribution in [3.63, 3.8) is 0 Å². The number of piperidine rings is 1. The van der Waals surface area contributed by atoms with Gasteiger partial charge in [-0.2, -0.15) is 0 Å². The molecule has 0 bridgehead atoms. The molecule has 2 aliphatic heterocycles. The van der Waals surface area contributed by atoms with Crippen molar-refractivity contribution < 1.29 is 14.6 Å². The standard InChI is InChI=1S/C25H31N5O3/c1-3-22(32)30-15-25(6-8-29(9-7-25)13-17-11-26-16-27-12-17)23-19-5-4-18(33-2)10-20(19)28-24(23)21(30)14-31/h4-5,10-12,16,21,28,31H,3,6-9,13-15H2,1-2H3/t21-/m1/s1. The smallest absolute Gasteiger partial charge is 0.222 e. The van der Waals surface area contributed by atoms with Gasteiger partial charge < -0.3 is 19.7 Å². The van der Waals surface area contributed by atoms with Crippen molar-refractivity contribution in [2.75, 3.05) is 33.4 Å². The summed E-state index contributed by atoms with van der Waals surface area (Å²) in [6.45, 7) is 5.10. The Balaban J connectivity index is 1.53. The Hall–Kier alpha value is -2.97. The molecule has 1 amide bonds. The van der Waals surface area contributed by atoms with Gasteiger partial charge in [0.15, 0.2) is 0 Å². The fourth-order valence-electron chi connectivity index (χ4n) is 5.69. The zero-order valence-corrected chi connectivity index (χ0v) is 19.3. The number of rotatable bonds is 5. The van der Waals surface area contributed by atoms with Gasteiger partial charge in [0.2, 0.25) is 5.91 Å². The summed E-state index contributed by atoms with van der Waals surface area (Å²) in [5.41, 5.74) is 4.19. The lowest BCUT2D eigenvalue weighted by Gasteiger charge is -2.50. The molecule has 4 heterocycles. The molecule has 174 valence electrons. The number of H-pyrrole nitrogens is 1. The molecule has 2 N–H and O–H groups in total. The fourth-order valence-corrected chi connectivity index (χ4v) is 5.69. The Morgan fingerprint density at radius 2 is 2.03 bits per heavy atom. The molecule has 0 unspecified atom stereocenters. The Bertz CT molecular complexity index is 1140. The number of aromatic nitrogens is 3. The van der Waals surface area contributed by atoms with Gasteiger partial charge in [-0.1, -0.05) is 6.92 Å². The fraction of sp³-hybridized carbons (Fsp3) is 0.480. The van der Waals surface area contributed by atoms with Gasteiger partial charge in [-0.15, -0.1) is 0 Å². The molecule has 1 atom stereocenters. The maximum Gasteiger partial charge on any atom is 0.222 e. The van der Waals surface area contributed by atoms with Crippen LogP contribution in [0.15, 0.2) is 36.9 Å². The van der Waals surface area contributed by atoms with E-state index in [4.69, 9.17) is 4.74 Å². The van der Waals surface area contributed by atoms with Crippen LogP contribution in [0.1, 0.15) is 49.0 Å². The monoisotopic (exact) mass is 449 g/mol. The highest BCUT2D eigenvalue weighted by molar-refractivity contribution is 5.88. The van der Waals surface area contributed by atoms with Gasteiger partial charge in [-0.05, 0) is 43.6 Å². The number of aliphatic hydroxyl groups is 1. The minimum Gasteiger partial charge on any atom is -0.497 e. The highest BCUT2D eigenvalue weighted by Crippen LogP contribution is 2.49. The Morgan fingerprint density at radius 3 is 2.70 bits per heavy atom. The number of hydrogen-bond acceptors (Lipinski definition) is 6. The average Bonchev–Trinajstić information content (AvgIpc) is 3.25. The molecule has 1 fully saturated rings. The summed E-state index contributed by atoms with van der Waals surface area (Å²) in [4.78, 5) is 29.1. The number of likely N-dealkylation sites (tertiary alicyclic amines) is 1. The van der Waals surface area contributed by atoms with Crippen LogP contribution < -0.4 is 4.74 Å². The lowest BCUT2D eigenvalue weighted by molar-refractivity contribution is -0.137. The molecule has 2 aliphatic rings. The predicted molar refractivity (Wildman–Crippen MR) is 125 cm³/mol. The van der Waals surface area contributed by atoms with E-state index in [9.17, 15) is 9.90 Å². The quantitative estimate of drug-likeness (QED) is 0.622. The van der Waals surface area contributed by atoms with Crippen LogP contribution in [0.4, 0.5) is 0 Å². The number of carbonyl (C=O) groups is 1. The number of ether oxygens (including phenoxy) is 1. The first-order valence-electron chi connectivity index (χ1n) is 11.6. The van der Waals surface area contributed by atoms with Gasteiger partial charge in [-0.3, -0.25) is 9.69 Å². The maximum absolute atomic E-state index is 12.9. The zero-order valence-electron chi connectivity index (χ0n) is 19.3. The molecule has 2 aromatic heterocycles. The van der Waals surface area contributed by atoms with Crippen LogP contribution in [-0.2, 0) is 16.8 Å². The number of aliphatic hydroxyl groups excluding tert-OH is 1. The van der Waals surface area contributed by atoms with E-state index in [1.807, 2.05) is 36.4 Å². The number of benzene rings is 1. The van der Waals surface area contributed by atoms with Crippen molar-refractivity contribution in [2.24, 2.45) is 0 Å². The summed E-state index contributed by atoms with van der Waals surface area (Å²) in [6, 6.07) is 5.76. The van der Waals surface area contributed by atoms with Gasteiger partial charge in [0.1, 0.15) is 12.1 Å². The Morgan fingerprint density at radius 1 is 1.27 bits per heavy atom. The molecule has 8 nitrogen and oxygen atoms in total. The number of hydrogen-bond donors (Lipinski definition) is 2. The Kier molecular flexibility index (Phi) is 5.80. The van der Waals surface area contributed by atoms with Crippen molar-refractivity contribution in [1.82, 2.24) is 24.8 Å². The van der Waals surface area contributed by atoms with Crippen LogP contribution in [-0.4, -0.2) is 69.1 Å². The number of carbonyl (C=O) groups excluding carboxylic acids is 1. The third-order valence-electron chi connectivity index (χ3n) is 7.38. The van der Waals surface area contributed by atoms with Gasteiger partial charge in [-0.25, -0.2) is 9.97 Å². The summed E-state index contributed by atoms with van der Waals surface area (Å²) in [5.74, 6) is 0.872. The molecule has 1 aromatic carbocycles. The van der Waals surface area contributed by atoms with E-state index in [2.05, 4.69) is 25.9 Å². The number of methoxy groups -OCH3 is 1. The summed E-state index contributed by atoms with van der Waals surface area (Å²) in [7, 11) is 1.66. The first-order valence-corrected chi connectivity index (χ1v) is 11.6. The molecule has 0 aliphatic carbocycles. The number of aromatic amines is 1. The average molecular weight is 450 g/mol. The third kappa shape index (κ3) is 3.77. The van der Waals surface area contributed by atoms with E-state index in [0.29, 0.717) is 13.0 Å². The molecule has 0 radical (unpaired) electrons. The summed E-state index contributed by atoms with van der Waals surface area (Å²) >= 11 is 0. The third-order valence-corrected chi connectivity index (χ3v) is 7.38. The first kappa shape index (κ1) is 21.9. The number of nitrogens with zero attached hydrogens (tertiary/aromatic N) is 4. The van der Waals surface area contributed by atoms with E-state index in [0.717, 1.165) is 60.4 Å². The molecule has 1 spiro atoms. The lowest BCUT2D eigenvalue weighted by Crippen LogP contribution is -2.55. The van der Waals surface area contributed by atoms with Crippen molar-refractivity contribution >= 4 is 16.8 Å². The molecule has 3 aromatic rings. The van der Waals surface area contributed by atoms with Crippen LogP contribution in [0.5, 0.6) is 5.75 Å². The minimum atomic E-state index is -0.351. The highest BCUT2D eigenvalue weighted by Gasteiger charge is 2.48. The van der Waals surface area contributed by atoms with Gasteiger partial charge >= 0.3 is 0 Å². The van der Waals surface area contributed by atoms with Crippen LogP contribution in [0, 0.1) is 0 Å². The van der Waals surface area contributed by atoms with E-state index in [1.54, 1.807) is 13.4 Å². The van der Waals surface area contributed by atoms with Crippen molar-refractivity contribution in [1.29, 1.82) is 0 Å². The molecular weight excluding hydrogens is 418 g/mol. The van der Waals surface area contributed by atoms with Crippen LogP contribution in [0.25, 0.3) is 10.9 Å². The van der Waals surface area contributed by atoms with Crippen molar-refractivity contribution in [3.8, 4) is 5.75 Å². The van der Waals surface area contributed by atoms with Gasteiger partial charge in [0.05, 0.1) is 19.8 Å². The Labute approximate surface area is 193 Å². The van der Waals surface area contributed by atoms with Gasteiger partial charge in [0.25, 0.3) is 0 Å². The predicted octanol–water partition coefficient (Wildman–Crippen LogP) is 2.79. The molecule has 1 saturated heterocycles. The topological polar surface area (TPSA) is 94.6 Å². The zero-order chi connectivity index (χ0) is 23.0. The lowest BCUT2D eigenvalue weighted by atomic mass is 9.68. The molecule has 33 heavy (non-hydrogen) atoms. The maximum atomic E-state index is 12.9. The minimum absolute atomic E-state index is 0.0826. The van der Waals surface area contributed by atoms with E-state index >= 15 is 0 Å². The number of nitrogens with one attached hydrogen (secondary N) is 1. The van der Waals surface area contributed by atoms with E-state index < -0.39 is 0 Å². The first-order chi connectivity index (χ1) is 16.1. The molecule has 0 saturated carbocycles. The summed E-state index contributed by atoms with van der Waals surface area (Å²) < 4.78 is 5.44. The van der Waals surface area contributed by atoms with Gasteiger partial charge in [0, 0.05) is 65.5 Å². The molecule has 5 rings (SSSR count). The van der Waals surface area contributed by atoms with E-state index in [-0.39, 0.29) is 24.0 Å². The number of amides is 1. The SMILES string of the molecule is CCC(=O)N1CC2(CCN(Cc3cncnc3)CC2)c2c([nH]c3cc(OC)ccc23)[C@H]1CO. The normalized spacial score (nSPS) is 20.2. The van der Waals surface area contributed by atoms with Crippen LogP contribution in [0.2, 0.25) is 0 Å². The molecule has 8 heteroatoms. The van der Waals surface area contributed by atoms with Crippen molar-refractivity contribution in [2.45, 2.75) is 44.2 Å². The number of fused-ring (bicyclic) bond motifs is 4. The largest absolute Gasteiger partial charge is 0.497 e. The van der Waals surface area contributed by atoms with E-state index in [1.165, 1.54) is 5.56 Å². The second kappa shape index (κ2) is 8.76. The summed E-state index contributed by atoms with van der Waals surface area (Å²) in [6.07, 6.45) is 7.61. The second-order valence-corrected chi connectivity index (χ2v) is 9.20. The highest BCUT2D eigenvalue weighted by atomic mass is 16.5. The summed E-state index contributed by atoms with van der Waals surface area (Å²) in [5, 5.41) is 11.5. The van der Waals surface area contributed by atoms with Crippen LogP contribution >= 0.6 is 0 Å².